The Labute approximate surface area is 226 Å². The Morgan fingerprint density at radius 2 is 1.03 bits per heavy atom. The molecule has 196 valence electrons. The number of carbonyl (C=O) groups is 1. The first-order chi connectivity index (χ1) is 18.2. The molecule has 0 aliphatic rings. The number of amides is 1. The van der Waals surface area contributed by atoms with E-state index in [1.807, 2.05) is 124 Å². The number of nitrogens with zero attached hydrogens (tertiary/aromatic N) is 2. The Morgan fingerprint density at radius 1 is 0.632 bits per heavy atom. The van der Waals surface area contributed by atoms with E-state index in [9.17, 15) is 13.2 Å². The van der Waals surface area contributed by atoms with E-state index >= 15 is 0 Å². The van der Waals surface area contributed by atoms with Crippen molar-refractivity contribution in [3.8, 4) is 0 Å². The summed E-state index contributed by atoms with van der Waals surface area (Å²) < 4.78 is 29.6. The maximum Gasteiger partial charge on any atom is 0.244 e. The molecule has 0 radical (unpaired) electrons. The molecule has 0 heterocycles. The van der Waals surface area contributed by atoms with Gasteiger partial charge in [0.15, 0.2) is 0 Å². The van der Waals surface area contributed by atoms with Crippen LogP contribution in [0.3, 0.4) is 0 Å². The van der Waals surface area contributed by atoms with Crippen LogP contribution in [0, 0.1) is 20.8 Å². The molecule has 0 saturated heterocycles. The van der Waals surface area contributed by atoms with E-state index in [0.717, 1.165) is 22.3 Å². The summed E-state index contributed by atoms with van der Waals surface area (Å²) in [7, 11) is -3.97. The maximum absolute atomic E-state index is 14.1. The van der Waals surface area contributed by atoms with E-state index in [1.54, 1.807) is 4.90 Å². The molecule has 0 N–H and O–H groups in total. The quantitative estimate of drug-likeness (QED) is 0.253. The zero-order chi connectivity index (χ0) is 27.1. The molecule has 0 fully saturated rings. The number of hydrogen-bond acceptors (Lipinski definition) is 3. The van der Waals surface area contributed by atoms with Gasteiger partial charge in [0.25, 0.3) is 0 Å². The zero-order valence-corrected chi connectivity index (χ0v) is 23.0. The second-order valence-corrected chi connectivity index (χ2v) is 11.6. The predicted molar refractivity (Wildman–Crippen MR) is 152 cm³/mol. The van der Waals surface area contributed by atoms with Gasteiger partial charge in [0, 0.05) is 19.6 Å². The summed E-state index contributed by atoms with van der Waals surface area (Å²) in [5.74, 6) is -0.250. The molecule has 0 aliphatic carbocycles. The first kappa shape index (κ1) is 27.3. The van der Waals surface area contributed by atoms with Crippen LogP contribution in [0.1, 0.15) is 33.4 Å². The number of carbonyl (C=O) groups excluding carboxylic acids is 1. The topological polar surface area (TPSA) is 57.7 Å². The summed E-state index contributed by atoms with van der Waals surface area (Å²) in [4.78, 5) is 15.9. The lowest BCUT2D eigenvalue weighted by atomic mass is 10.1. The van der Waals surface area contributed by atoms with E-state index in [1.165, 1.54) is 4.31 Å². The summed E-state index contributed by atoms with van der Waals surface area (Å²) in [5.41, 5.74) is 5.15. The van der Waals surface area contributed by atoms with Crippen molar-refractivity contribution < 1.29 is 13.2 Å². The number of rotatable bonds is 10. The minimum atomic E-state index is -3.97. The Hall–Kier alpha value is -3.74. The normalized spacial score (nSPS) is 11.5. The van der Waals surface area contributed by atoms with E-state index in [-0.39, 0.29) is 23.9 Å². The van der Waals surface area contributed by atoms with Gasteiger partial charge < -0.3 is 4.90 Å². The monoisotopic (exact) mass is 526 g/mol. The fraction of sp³-hybridized carbons (Fsp3) is 0.219. The van der Waals surface area contributed by atoms with Crippen molar-refractivity contribution in [2.24, 2.45) is 0 Å². The van der Waals surface area contributed by atoms with E-state index in [0.29, 0.717) is 24.2 Å². The maximum atomic E-state index is 14.1. The van der Waals surface area contributed by atoms with Crippen LogP contribution >= 0.6 is 0 Å². The molecule has 5 nitrogen and oxygen atoms in total. The Bertz CT molecular complexity index is 1410. The fourth-order valence-corrected chi connectivity index (χ4v) is 6.60. The highest BCUT2D eigenvalue weighted by molar-refractivity contribution is 7.89. The van der Waals surface area contributed by atoms with E-state index in [2.05, 4.69) is 0 Å². The van der Waals surface area contributed by atoms with Gasteiger partial charge in [-0.3, -0.25) is 4.79 Å². The molecule has 0 unspecified atom stereocenters. The van der Waals surface area contributed by atoms with Crippen molar-refractivity contribution in [3.05, 3.63) is 137 Å². The first-order valence-electron chi connectivity index (χ1n) is 12.7. The van der Waals surface area contributed by atoms with Gasteiger partial charge in [-0.05, 0) is 48.6 Å². The molecule has 38 heavy (non-hydrogen) atoms. The lowest BCUT2D eigenvalue weighted by Gasteiger charge is -2.28. The molecule has 6 heteroatoms. The highest BCUT2D eigenvalue weighted by Crippen LogP contribution is 2.27. The largest absolute Gasteiger partial charge is 0.333 e. The van der Waals surface area contributed by atoms with Crippen LogP contribution in [0.4, 0.5) is 0 Å². The van der Waals surface area contributed by atoms with Gasteiger partial charge in [-0.15, -0.1) is 0 Å². The van der Waals surface area contributed by atoms with Crippen molar-refractivity contribution in [1.82, 2.24) is 9.21 Å². The van der Waals surface area contributed by atoms with E-state index in [4.69, 9.17) is 0 Å². The minimum absolute atomic E-state index is 0.103. The van der Waals surface area contributed by atoms with Crippen LogP contribution in [0.2, 0.25) is 0 Å². The predicted octanol–water partition coefficient (Wildman–Crippen LogP) is 6.03. The molecule has 0 saturated carbocycles. The third kappa shape index (κ3) is 6.77. The van der Waals surface area contributed by atoms with Crippen molar-refractivity contribution in [3.63, 3.8) is 0 Å². The third-order valence-electron chi connectivity index (χ3n) is 6.50. The average molecular weight is 527 g/mol. The first-order valence-corrected chi connectivity index (χ1v) is 14.2. The molecule has 0 aromatic heterocycles. The Morgan fingerprint density at radius 3 is 1.45 bits per heavy atom. The minimum Gasteiger partial charge on any atom is -0.333 e. The molecule has 0 aliphatic heterocycles. The summed E-state index contributed by atoms with van der Waals surface area (Å²) in [6, 6.07) is 32.7. The van der Waals surface area contributed by atoms with Crippen LogP contribution in [-0.4, -0.2) is 30.1 Å². The van der Waals surface area contributed by atoms with Gasteiger partial charge in [0.05, 0.1) is 11.4 Å². The van der Waals surface area contributed by atoms with Crippen molar-refractivity contribution in [2.45, 2.75) is 45.3 Å². The summed E-state index contributed by atoms with van der Waals surface area (Å²) in [6.45, 7) is 6.19. The van der Waals surface area contributed by atoms with Gasteiger partial charge in [0.2, 0.25) is 15.9 Å². The molecule has 1 amide bonds. The molecule has 4 aromatic carbocycles. The van der Waals surface area contributed by atoms with Gasteiger partial charge >= 0.3 is 0 Å². The SMILES string of the molecule is Cc1cc(C)c(S(=O)(=O)N(CC(=O)N(Cc2ccccc2)Cc2ccccc2)Cc2ccccc2)c(C)c1. The van der Waals surface area contributed by atoms with Gasteiger partial charge in [-0.1, -0.05) is 109 Å². The number of hydrogen-bond donors (Lipinski definition) is 0. The number of sulfonamides is 1. The highest BCUT2D eigenvalue weighted by Gasteiger charge is 2.31. The van der Waals surface area contributed by atoms with Crippen LogP contribution in [0.5, 0.6) is 0 Å². The third-order valence-corrected chi connectivity index (χ3v) is 8.60. The van der Waals surface area contributed by atoms with Gasteiger partial charge in [-0.2, -0.15) is 4.31 Å². The molecule has 0 atom stereocenters. The van der Waals surface area contributed by atoms with Gasteiger partial charge in [0.1, 0.15) is 0 Å². The number of aryl methyl sites for hydroxylation is 3. The number of benzene rings is 4. The van der Waals surface area contributed by atoms with Crippen molar-refractivity contribution in [2.75, 3.05) is 6.54 Å². The zero-order valence-electron chi connectivity index (χ0n) is 22.2. The summed E-state index contributed by atoms with van der Waals surface area (Å²) >= 11 is 0. The molecular weight excluding hydrogens is 492 g/mol. The van der Waals surface area contributed by atoms with Crippen LogP contribution in [-0.2, 0) is 34.5 Å². The van der Waals surface area contributed by atoms with Crippen LogP contribution in [0.15, 0.2) is 108 Å². The van der Waals surface area contributed by atoms with Crippen LogP contribution in [0.25, 0.3) is 0 Å². The smallest absolute Gasteiger partial charge is 0.244 e. The molecular formula is C32H34N2O3S. The summed E-state index contributed by atoms with van der Waals surface area (Å²) in [6.07, 6.45) is 0. The lowest BCUT2D eigenvalue weighted by molar-refractivity contribution is -0.132. The molecule has 4 aromatic rings. The van der Waals surface area contributed by atoms with Gasteiger partial charge in [-0.25, -0.2) is 8.42 Å². The van der Waals surface area contributed by atoms with E-state index < -0.39 is 10.0 Å². The van der Waals surface area contributed by atoms with Crippen molar-refractivity contribution in [1.29, 1.82) is 0 Å². The molecule has 4 rings (SSSR count). The summed E-state index contributed by atoms with van der Waals surface area (Å²) in [5, 5.41) is 0. The molecule has 0 bridgehead atoms. The second kappa shape index (κ2) is 12.2. The Kier molecular flexibility index (Phi) is 8.77. The second-order valence-electron chi connectivity index (χ2n) is 9.71. The Balaban J connectivity index is 1.70. The lowest BCUT2D eigenvalue weighted by Crippen LogP contribution is -2.42. The average Bonchev–Trinajstić information content (AvgIpc) is 2.89. The highest BCUT2D eigenvalue weighted by atomic mass is 32.2. The molecule has 0 spiro atoms. The standard InChI is InChI=1S/C32H34N2O3S/c1-25-19-26(2)32(27(3)20-25)38(36,37)34(23-30-17-11-6-12-18-30)24-31(35)33(21-28-13-7-4-8-14-28)22-29-15-9-5-10-16-29/h4-20H,21-24H2,1-3H3. The van der Waals surface area contributed by atoms with Crippen LogP contribution < -0.4 is 0 Å². The fourth-order valence-electron chi connectivity index (χ4n) is 4.81. The van der Waals surface area contributed by atoms with Crippen molar-refractivity contribution >= 4 is 15.9 Å².